The first-order valence-electron chi connectivity index (χ1n) is 5.16. The quantitative estimate of drug-likeness (QED) is 0.632. The molecule has 0 radical (unpaired) electrons. The first kappa shape index (κ1) is 13.1. The molecule has 0 saturated heterocycles. The van der Waals surface area contributed by atoms with Crippen molar-refractivity contribution in [2.75, 3.05) is 26.0 Å². The molecule has 0 aliphatic heterocycles. The van der Waals surface area contributed by atoms with Gasteiger partial charge >= 0.3 is 0 Å². The van der Waals surface area contributed by atoms with E-state index in [1.165, 1.54) is 6.08 Å². The highest BCUT2D eigenvalue weighted by Gasteiger charge is 2.07. The summed E-state index contributed by atoms with van der Waals surface area (Å²) in [7, 11) is 3.64. The SMILES string of the molecule is Cc1c(N=C=O)cccc1NC(=O)CN(C)C. The van der Waals surface area contributed by atoms with Crippen LogP contribution < -0.4 is 5.32 Å². The second-order valence-electron chi connectivity index (χ2n) is 3.94. The standard InChI is InChI=1S/C12H15N3O2/c1-9-10(13-8-16)5-4-6-11(9)14-12(17)7-15(2)3/h4-6H,7H2,1-3H3,(H,14,17). The first-order valence-corrected chi connectivity index (χ1v) is 5.16. The number of likely N-dealkylation sites (N-methyl/N-ethyl adjacent to an activating group) is 1. The zero-order valence-corrected chi connectivity index (χ0v) is 10.2. The number of isocyanates is 1. The van der Waals surface area contributed by atoms with Crippen LogP contribution in [0.2, 0.25) is 0 Å². The Kier molecular flexibility index (Phi) is 4.57. The van der Waals surface area contributed by atoms with E-state index in [9.17, 15) is 9.59 Å². The lowest BCUT2D eigenvalue weighted by molar-refractivity contribution is -0.116. The normalized spacial score (nSPS) is 9.88. The Morgan fingerprint density at radius 2 is 2.18 bits per heavy atom. The number of hydrogen-bond donors (Lipinski definition) is 1. The molecule has 0 unspecified atom stereocenters. The van der Waals surface area contributed by atoms with Gasteiger partial charge in [0.2, 0.25) is 12.0 Å². The molecule has 90 valence electrons. The Morgan fingerprint density at radius 3 is 2.76 bits per heavy atom. The van der Waals surface area contributed by atoms with Gasteiger partial charge in [-0.1, -0.05) is 6.07 Å². The lowest BCUT2D eigenvalue weighted by Crippen LogP contribution is -2.27. The second kappa shape index (κ2) is 5.94. The number of carbonyl (C=O) groups excluding carboxylic acids is 2. The number of rotatable bonds is 4. The summed E-state index contributed by atoms with van der Waals surface area (Å²) >= 11 is 0. The summed E-state index contributed by atoms with van der Waals surface area (Å²) in [6.45, 7) is 2.10. The van der Waals surface area contributed by atoms with Crippen LogP contribution in [0.15, 0.2) is 23.2 Å². The van der Waals surface area contributed by atoms with E-state index < -0.39 is 0 Å². The number of hydrogen-bond acceptors (Lipinski definition) is 4. The van der Waals surface area contributed by atoms with Crippen LogP contribution in [0.3, 0.4) is 0 Å². The van der Waals surface area contributed by atoms with Crippen molar-refractivity contribution in [2.45, 2.75) is 6.92 Å². The van der Waals surface area contributed by atoms with Gasteiger partial charge in [-0.25, -0.2) is 4.79 Å². The molecule has 0 atom stereocenters. The molecular weight excluding hydrogens is 218 g/mol. The Labute approximate surface area is 100 Å². The number of amides is 1. The highest BCUT2D eigenvalue weighted by atomic mass is 16.2. The van der Waals surface area contributed by atoms with Crippen LogP contribution in [0.1, 0.15) is 5.56 Å². The van der Waals surface area contributed by atoms with E-state index in [0.29, 0.717) is 17.9 Å². The maximum absolute atomic E-state index is 11.6. The number of anilines is 1. The number of carbonyl (C=O) groups is 1. The van der Waals surface area contributed by atoms with E-state index in [4.69, 9.17) is 0 Å². The van der Waals surface area contributed by atoms with Gasteiger partial charge in [0.05, 0.1) is 12.2 Å². The van der Waals surface area contributed by atoms with Gasteiger partial charge in [-0.15, -0.1) is 0 Å². The monoisotopic (exact) mass is 233 g/mol. The predicted molar refractivity (Wildman–Crippen MR) is 66.1 cm³/mol. The molecule has 1 aromatic carbocycles. The summed E-state index contributed by atoms with van der Waals surface area (Å²) in [5.74, 6) is -0.106. The fourth-order valence-corrected chi connectivity index (χ4v) is 1.41. The van der Waals surface area contributed by atoms with Crippen LogP contribution in [0.4, 0.5) is 11.4 Å². The van der Waals surface area contributed by atoms with Crippen LogP contribution >= 0.6 is 0 Å². The Bertz CT molecular complexity index is 463. The molecule has 0 aliphatic carbocycles. The van der Waals surface area contributed by atoms with Gasteiger partial charge in [-0.3, -0.25) is 4.79 Å². The molecule has 0 spiro atoms. The third kappa shape index (κ3) is 3.83. The summed E-state index contributed by atoms with van der Waals surface area (Å²) in [5.41, 5.74) is 1.93. The van der Waals surface area contributed by atoms with Crippen molar-refractivity contribution in [3.05, 3.63) is 23.8 Å². The van der Waals surface area contributed by atoms with Crippen LogP contribution in [0.5, 0.6) is 0 Å². The lowest BCUT2D eigenvalue weighted by atomic mass is 10.1. The van der Waals surface area contributed by atoms with E-state index in [2.05, 4.69) is 10.3 Å². The van der Waals surface area contributed by atoms with Crippen molar-refractivity contribution in [3.63, 3.8) is 0 Å². The summed E-state index contributed by atoms with van der Waals surface area (Å²) in [5, 5.41) is 2.77. The molecule has 5 heteroatoms. The van der Waals surface area contributed by atoms with Crippen molar-refractivity contribution in [3.8, 4) is 0 Å². The highest BCUT2D eigenvalue weighted by Crippen LogP contribution is 2.25. The highest BCUT2D eigenvalue weighted by molar-refractivity contribution is 5.93. The molecule has 1 rings (SSSR count). The molecule has 0 bridgehead atoms. The zero-order valence-electron chi connectivity index (χ0n) is 10.2. The fourth-order valence-electron chi connectivity index (χ4n) is 1.41. The molecule has 5 nitrogen and oxygen atoms in total. The van der Waals surface area contributed by atoms with Crippen molar-refractivity contribution in [1.82, 2.24) is 4.90 Å². The van der Waals surface area contributed by atoms with Gasteiger partial charge in [0.1, 0.15) is 0 Å². The van der Waals surface area contributed by atoms with Crippen molar-refractivity contribution in [1.29, 1.82) is 0 Å². The van der Waals surface area contributed by atoms with Gasteiger partial charge in [0.15, 0.2) is 0 Å². The average Bonchev–Trinajstić information content (AvgIpc) is 2.23. The van der Waals surface area contributed by atoms with Crippen LogP contribution in [-0.2, 0) is 9.59 Å². The van der Waals surface area contributed by atoms with Crippen molar-refractivity contribution >= 4 is 23.4 Å². The van der Waals surface area contributed by atoms with E-state index in [1.807, 2.05) is 14.1 Å². The van der Waals surface area contributed by atoms with Crippen LogP contribution in [-0.4, -0.2) is 37.5 Å². The number of nitrogens with one attached hydrogen (secondary N) is 1. The van der Waals surface area contributed by atoms with Gasteiger partial charge < -0.3 is 10.2 Å². The Morgan fingerprint density at radius 1 is 1.47 bits per heavy atom. The third-order valence-corrected chi connectivity index (χ3v) is 2.21. The molecule has 0 aliphatic rings. The summed E-state index contributed by atoms with van der Waals surface area (Å²) < 4.78 is 0. The van der Waals surface area contributed by atoms with E-state index in [-0.39, 0.29) is 5.91 Å². The summed E-state index contributed by atoms with van der Waals surface area (Å²) in [6.07, 6.45) is 1.49. The molecular formula is C12H15N3O2. The van der Waals surface area contributed by atoms with E-state index in [0.717, 1.165) is 5.56 Å². The third-order valence-electron chi connectivity index (χ3n) is 2.21. The lowest BCUT2D eigenvalue weighted by Gasteiger charge is -2.12. The fraction of sp³-hybridized carbons (Fsp3) is 0.333. The van der Waals surface area contributed by atoms with Crippen LogP contribution in [0, 0.1) is 6.92 Å². The minimum absolute atomic E-state index is 0.106. The van der Waals surface area contributed by atoms with Crippen molar-refractivity contribution in [2.24, 2.45) is 4.99 Å². The van der Waals surface area contributed by atoms with Gasteiger partial charge in [-0.2, -0.15) is 4.99 Å². The van der Waals surface area contributed by atoms with Gasteiger partial charge in [0.25, 0.3) is 0 Å². The molecule has 0 aromatic heterocycles. The summed E-state index contributed by atoms with van der Waals surface area (Å²) in [4.78, 5) is 27.1. The first-order chi connectivity index (χ1) is 8.04. The number of aliphatic imine (C=N–C) groups is 1. The number of benzene rings is 1. The zero-order chi connectivity index (χ0) is 12.8. The van der Waals surface area contributed by atoms with Crippen LogP contribution in [0.25, 0.3) is 0 Å². The molecule has 17 heavy (non-hydrogen) atoms. The molecule has 1 N–H and O–H groups in total. The average molecular weight is 233 g/mol. The van der Waals surface area contributed by atoms with Gasteiger partial charge in [-0.05, 0) is 38.7 Å². The smallest absolute Gasteiger partial charge is 0.240 e. The van der Waals surface area contributed by atoms with Crippen molar-refractivity contribution < 1.29 is 9.59 Å². The Balaban J connectivity index is 2.88. The predicted octanol–water partition coefficient (Wildman–Crippen LogP) is 1.46. The maximum atomic E-state index is 11.6. The van der Waals surface area contributed by atoms with Gasteiger partial charge in [0, 0.05) is 5.69 Å². The molecule has 0 heterocycles. The minimum Gasteiger partial charge on any atom is -0.325 e. The number of nitrogens with zero attached hydrogens (tertiary/aromatic N) is 2. The molecule has 0 fully saturated rings. The minimum atomic E-state index is -0.106. The van der Waals surface area contributed by atoms with E-state index >= 15 is 0 Å². The largest absolute Gasteiger partial charge is 0.325 e. The molecule has 1 amide bonds. The van der Waals surface area contributed by atoms with E-state index in [1.54, 1.807) is 30.0 Å². The summed E-state index contributed by atoms with van der Waals surface area (Å²) in [6, 6.07) is 5.20. The molecule has 0 saturated carbocycles. The topological polar surface area (TPSA) is 61.8 Å². The molecule has 1 aromatic rings. The Hall–Kier alpha value is -1.97. The second-order valence-corrected chi connectivity index (χ2v) is 3.94. The maximum Gasteiger partial charge on any atom is 0.240 e.